The number of aryl methyl sites for hydroxylation is 1. The molecule has 2 N–H and O–H groups in total. The van der Waals surface area contributed by atoms with Gasteiger partial charge in [0.25, 0.3) is 0 Å². The van der Waals surface area contributed by atoms with Crippen LogP contribution in [0.4, 0.5) is 5.82 Å². The number of rotatable bonds is 4. The normalized spacial score (nSPS) is 10.7. The molecule has 2 rings (SSSR count). The van der Waals surface area contributed by atoms with Crippen LogP contribution in [-0.2, 0) is 17.9 Å². The van der Waals surface area contributed by atoms with Crippen LogP contribution in [0, 0.1) is 6.92 Å². The van der Waals surface area contributed by atoms with E-state index in [1.165, 1.54) is 11.1 Å². The molecule has 0 unspecified atom stereocenters. The Labute approximate surface area is 101 Å². The first-order valence-electron chi connectivity index (χ1n) is 5.56. The number of aromatic nitrogens is 2. The first-order chi connectivity index (χ1) is 8.22. The van der Waals surface area contributed by atoms with Crippen LogP contribution in [-0.4, -0.2) is 16.9 Å². The number of hydrogen-bond donors (Lipinski definition) is 1. The first-order valence-corrected chi connectivity index (χ1v) is 5.56. The predicted octanol–water partition coefficient (Wildman–Crippen LogP) is 1.97. The van der Waals surface area contributed by atoms with Crippen LogP contribution in [0.5, 0.6) is 0 Å². The average molecular weight is 231 g/mol. The molecule has 0 spiro atoms. The lowest BCUT2D eigenvalue weighted by Gasteiger charge is -2.10. The summed E-state index contributed by atoms with van der Waals surface area (Å²) in [6, 6.07) is 8.16. The van der Waals surface area contributed by atoms with Gasteiger partial charge in [0.05, 0.1) is 19.3 Å². The zero-order chi connectivity index (χ0) is 12.3. The molecular formula is C13H17N3O. The second-order valence-corrected chi connectivity index (χ2v) is 4.07. The van der Waals surface area contributed by atoms with Gasteiger partial charge < -0.3 is 10.5 Å². The minimum atomic E-state index is 0.607. The first kappa shape index (κ1) is 11.7. The van der Waals surface area contributed by atoms with Crippen molar-refractivity contribution in [2.24, 2.45) is 0 Å². The fourth-order valence-electron chi connectivity index (χ4n) is 1.78. The molecule has 0 amide bonds. The largest absolute Gasteiger partial charge is 0.384 e. The standard InChI is InChI=1S/C13H17N3O/c1-10-7-15-16(13(10)14)8-11-5-3-4-6-12(11)9-17-2/h3-7H,8-9,14H2,1-2H3. The molecule has 0 aliphatic heterocycles. The molecule has 0 saturated heterocycles. The van der Waals surface area contributed by atoms with Gasteiger partial charge in [-0.1, -0.05) is 24.3 Å². The van der Waals surface area contributed by atoms with E-state index in [4.69, 9.17) is 10.5 Å². The Kier molecular flexibility index (Phi) is 3.44. The number of nitrogens with two attached hydrogens (primary N) is 1. The quantitative estimate of drug-likeness (QED) is 0.875. The van der Waals surface area contributed by atoms with E-state index in [1.807, 2.05) is 23.7 Å². The molecule has 0 radical (unpaired) electrons. The van der Waals surface area contributed by atoms with Crippen LogP contribution < -0.4 is 5.73 Å². The van der Waals surface area contributed by atoms with Gasteiger partial charge in [0.2, 0.25) is 0 Å². The van der Waals surface area contributed by atoms with Crippen LogP contribution in [0.15, 0.2) is 30.5 Å². The fraction of sp³-hybridized carbons (Fsp3) is 0.308. The maximum Gasteiger partial charge on any atom is 0.124 e. The van der Waals surface area contributed by atoms with Gasteiger partial charge in [-0.2, -0.15) is 5.10 Å². The van der Waals surface area contributed by atoms with Crippen LogP contribution >= 0.6 is 0 Å². The predicted molar refractivity (Wildman–Crippen MR) is 67.6 cm³/mol. The van der Waals surface area contributed by atoms with Gasteiger partial charge in [0, 0.05) is 12.7 Å². The fourth-order valence-corrected chi connectivity index (χ4v) is 1.78. The number of ether oxygens (including phenoxy) is 1. The molecule has 4 heteroatoms. The Morgan fingerprint density at radius 3 is 2.59 bits per heavy atom. The van der Waals surface area contributed by atoms with E-state index in [1.54, 1.807) is 13.3 Å². The monoisotopic (exact) mass is 231 g/mol. The lowest BCUT2D eigenvalue weighted by Crippen LogP contribution is -2.08. The van der Waals surface area contributed by atoms with E-state index in [0.29, 0.717) is 13.2 Å². The van der Waals surface area contributed by atoms with Crippen molar-refractivity contribution >= 4 is 5.82 Å². The smallest absolute Gasteiger partial charge is 0.124 e. The second kappa shape index (κ2) is 5.01. The molecule has 0 bridgehead atoms. The third-order valence-corrected chi connectivity index (χ3v) is 2.81. The third-order valence-electron chi connectivity index (χ3n) is 2.81. The third kappa shape index (κ3) is 2.47. The molecule has 1 aromatic carbocycles. The van der Waals surface area contributed by atoms with Crippen molar-refractivity contribution < 1.29 is 4.74 Å². The molecule has 0 fully saturated rings. The topological polar surface area (TPSA) is 53.1 Å². The van der Waals surface area contributed by atoms with E-state index in [2.05, 4.69) is 17.2 Å². The Balaban J connectivity index is 2.26. The van der Waals surface area contributed by atoms with E-state index in [-0.39, 0.29) is 0 Å². The minimum absolute atomic E-state index is 0.607. The van der Waals surface area contributed by atoms with Crippen molar-refractivity contribution in [2.75, 3.05) is 12.8 Å². The highest BCUT2D eigenvalue weighted by Gasteiger charge is 2.06. The van der Waals surface area contributed by atoms with Crippen LogP contribution in [0.2, 0.25) is 0 Å². The SMILES string of the molecule is COCc1ccccc1Cn1ncc(C)c1N. The molecule has 17 heavy (non-hydrogen) atoms. The number of methoxy groups -OCH3 is 1. The van der Waals surface area contributed by atoms with Crippen LogP contribution in [0.1, 0.15) is 16.7 Å². The summed E-state index contributed by atoms with van der Waals surface area (Å²) in [5.74, 6) is 0.720. The van der Waals surface area contributed by atoms with Crippen LogP contribution in [0.3, 0.4) is 0 Å². The molecule has 2 aromatic rings. The van der Waals surface area contributed by atoms with Crippen molar-refractivity contribution in [1.29, 1.82) is 0 Å². The van der Waals surface area contributed by atoms with Gasteiger partial charge in [0.15, 0.2) is 0 Å². The molecule has 4 nitrogen and oxygen atoms in total. The molecule has 0 aliphatic carbocycles. The maximum atomic E-state index is 5.94. The molecule has 0 atom stereocenters. The van der Waals surface area contributed by atoms with Crippen molar-refractivity contribution in [3.63, 3.8) is 0 Å². The van der Waals surface area contributed by atoms with Gasteiger partial charge in [-0.25, -0.2) is 4.68 Å². The highest BCUT2D eigenvalue weighted by atomic mass is 16.5. The highest BCUT2D eigenvalue weighted by molar-refractivity contribution is 5.38. The second-order valence-electron chi connectivity index (χ2n) is 4.07. The molecular weight excluding hydrogens is 214 g/mol. The molecule has 90 valence electrons. The van der Waals surface area contributed by atoms with Gasteiger partial charge in [-0.3, -0.25) is 0 Å². The molecule has 1 heterocycles. The maximum absolute atomic E-state index is 5.94. The number of anilines is 1. The van der Waals surface area contributed by atoms with Gasteiger partial charge in [-0.05, 0) is 18.1 Å². The van der Waals surface area contributed by atoms with Crippen molar-refractivity contribution in [3.8, 4) is 0 Å². The van der Waals surface area contributed by atoms with E-state index < -0.39 is 0 Å². The number of nitrogen functional groups attached to an aromatic ring is 1. The number of hydrogen-bond acceptors (Lipinski definition) is 3. The van der Waals surface area contributed by atoms with E-state index >= 15 is 0 Å². The summed E-state index contributed by atoms with van der Waals surface area (Å²) in [5, 5.41) is 4.26. The zero-order valence-corrected chi connectivity index (χ0v) is 10.2. The summed E-state index contributed by atoms with van der Waals surface area (Å²) in [4.78, 5) is 0. The summed E-state index contributed by atoms with van der Waals surface area (Å²) >= 11 is 0. The summed E-state index contributed by atoms with van der Waals surface area (Å²) in [6.45, 7) is 3.25. The Bertz CT molecular complexity index is 505. The lowest BCUT2D eigenvalue weighted by molar-refractivity contribution is 0.184. The lowest BCUT2D eigenvalue weighted by atomic mass is 10.1. The van der Waals surface area contributed by atoms with Gasteiger partial charge in [-0.15, -0.1) is 0 Å². The van der Waals surface area contributed by atoms with Crippen LogP contribution in [0.25, 0.3) is 0 Å². The zero-order valence-electron chi connectivity index (χ0n) is 10.2. The van der Waals surface area contributed by atoms with Crippen molar-refractivity contribution in [2.45, 2.75) is 20.1 Å². The van der Waals surface area contributed by atoms with Crippen molar-refractivity contribution in [1.82, 2.24) is 9.78 Å². The van der Waals surface area contributed by atoms with Gasteiger partial charge >= 0.3 is 0 Å². The highest BCUT2D eigenvalue weighted by Crippen LogP contribution is 2.15. The summed E-state index contributed by atoms with van der Waals surface area (Å²) < 4.78 is 6.99. The average Bonchev–Trinajstić information content (AvgIpc) is 2.64. The molecule has 0 aliphatic rings. The summed E-state index contributed by atoms with van der Waals surface area (Å²) in [5.41, 5.74) is 9.31. The number of benzene rings is 1. The number of nitrogens with zero attached hydrogens (tertiary/aromatic N) is 2. The summed E-state index contributed by atoms with van der Waals surface area (Å²) in [7, 11) is 1.70. The Hall–Kier alpha value is -1.81. The van der Waals surface area contributed by atoms with E-state index in [0.717, 1.165) is 11.4 Å². The molecule has 1 aromatic heterocycles. The summed E-state index contributed by atoms with van der Waals surface area (Å²) in [6.07, 6.45) is 1.79. The van der Waals surface area contributed by atoms with Crippen molar-refractivity contribution in [3.05, 3.63) is 47.2 Å². The molecule has 0 saturated carbocycles. The van der Waals surface area contributed by atoms with Gasteiger partial charge in [0.1, 0.15) is 5.82 Å². The Morgan fingerprint density at radius 1 is 1.29 bits per heavy atom. The Morgan fingerprint density at radius 2 is 2.00 bits per heavy atom. The van der Waals surface area contributed by atoms with E-state index in [9.17, 15) is 0 Å². The minimum Gasteiger partial charge on any atom is -0.384 e.